The number of hydrogen-bond donors (Lipinski definition) is 1. The fourth-order valence-corrected chi connectivity index (χ4v) is 3.07. The van der Waals surface area contributed by atoms with E-state index in [4.69, 9.17) is 0 Å². The van der Waals surface area contributed by atoms with Crippen molar-refractivity contribution in [2.45, 2.75) is 12.5 Å². The first-order valence-electron chi connectivity index (χ1n) is 3.59. The second-order valence-corrected chi connectivity index (χ2v) is 5.79. The Balaban J connectivity index is 2.43. The lowest BCUT2D eigenvalue weighted by atomic mass is 10.3. The molecule has 1 amide bonds. The average Bonchev–Trinajstić information content (AvgIpc) is 2.30. The molecular formula is C6H10INO3S. The maximum Gasteiger partial charge on any atom is 0.230 e. The molecule has 0 bridgehead atoms. The van der Waals surface area contributed by atoms with Gasteiger partial charge in [-0.15, -0.1) is 0 Å². The molecule has 0 spiro atoms. The zero-order valence-electron chi connectivity index (χ0n) is 6.42. The minimum absolute atomic E-state index is 0.0855. The second-order valence-electron chi connectivity index (χ2n) is 2.80. The Morgan fingerprint density at radius 3 is 2.67 bits per heavy atom. The van der Waals surface area contributed by atoms with Crippen LogP contribution in [0.25, 0.3) is 0 Å². The number of sulfone groups is 1. The Kier molecular flexibility index (Phi) is 3.33. The zero-order chi connectivity index (χ0) is 9.19. The van der Waals surface area contributed by atoms with E-state index in [-0.39, 0.29) is 23.5 Å². The first kappa shape index (κ1) is 10.2. The predicted molar refractivity (Wildman–Crippen MR) is 54.1 cm³/mol. The molecule has 1 N–H and O–H groups in total. The monoisotopic (exact) mass is 303 g/mol. The number of halogens is 1. The van der Waals surface area contributed by atoms with Crippen molar-refractivity contribution in [3.8, 4) is 0 Å². The molecule has 12 heavy (non-hydrogen) atoms. The fraction of sp³-hybridized carbons (Fsp3) is 0.833. The molecule has 1 rings (SSSR count). The van der Waals surface area contributed by atoms with Crippen LogP contribution in [-0.4, -0.2) is 36.3 Å². The molecular weight excluding hydrogens is 293 g/mol. The van der Waals surface area contributed by atoms with Gasteiger partial charge in [-0.05, 0) is 6.42 Å². The largest absolute Gasteiger partial charge is 0.352 e. The Morgan fingerprint density at radius 2 is 2.25 bits per heavy atom. The predicted octanol–water partition coefficient (Wildman–Crippen LogP) is -0.275. The highest BCUT2D eigenvalue weighted by Crippen LogP contribution is 2.10. The average molecular weight is 303 g/mol. The number of alkyl halides is 1. The zero-order valence-corrected chi connectivity index (χ0v) is 9.39. The van der Waals surface area contributed by atoms with E-state index in [1.54, 1.807) is 0 Å². The van der Waals surface area contributed by atoms with Gasteiger partial charge in [0.15, 0.2) is 9.84 Å². The van der Waals surface area contributed by atoms with Crippen LogP contribution in [0.2, 0.25) is 0 Å². The van der Waals surface area contributed by atoms with E-state index < -0.39 is 9.84 Å². The lowest BCUT2D eigenvalue weighted by Gasteiger charge is -2.08. The van der Waals surface area contributed by atoms with Gasteiger partial charge in [0.05, 0.1) is 15.9 Å². The fourth-order valence-electron chi connectivity index (χ4n) is 1.18. The smallest absolute Gasteiger partial charge is 0.230 e. The number of amides is 1. The van der Waals surface area contributed by atoms with E-state index >= 15 is 0 Å². The maximum absolute atomic E-state index is 11.0. The van der Waals surface area contributed by atoms with Crippen LogP contribution < -0.4 is 5.32 Å². The Hall–Kier alpha value is 0.150. The number of rotatable bonds is 2. The molecule has 0 aliphatic carbocycles. The third-order valence-electron chi connectivity index (χ3n) is 1.72. The van der Waals surface area contributed by atoms with Crippen LogP contribution in [0.1, 0.15) is 6.42 Å². The summed E-state index contributed by atoms with van der Waals surface area (Å²) in [6, 6.07) is -0.155. The molecule has 1 aliphatic rings. The first-order valence-corrected chi connectivity index (χ1v) is 6.94. The highest BCUT2D eigenvalue weighted by molar-refractivity contribution is 14.1. The first-order chi connectivity index (χ1) is 5.53. The molecule has 1 aliphatic heterocycles. The standard InChI is InChI=1S/C6H10INO3S/c7-3-6(9)8-5-1-2-12(10,11)4-5/h5H,1-4H2,(H,8,9)/t5-/m1/s1. The van der Waals surface area contributed by atoms with Crippen molar-refractivity contribution in [1.82, 2.24) is 5.32 Å². The summed E-state index contributed by atoms with van der Waals surface area (Å²) < 4.78 is 22.3. The van der Waals surface area contributed by atoms with Crippen LogP contribution >= 0.6 is 22.6 Å². The Morgan fingerprint density at radius 1 is 1.58 bits per heavy atom. The summed E-state index contributed by atoms with van der Waals surface area (Å²) in [5, 5.41) is 2.66. The lowest BCUT2D eigenvalue weighted by molar-refractivity contribution is -0.118. The van der Waals surface area contributed by atoms with Crippen molar-refractivity contribution in [1.29, 1.82) is 0 Å². The number of nitrogens with one attached hydrogen (secondary N) is 1. The Bertz CT molecular complexity index is 275. The van der Waals surface area contributed by atoms with Gasteiger partial charge in [0.1, 0.15) is 0 Å². The third kappa shape index (κ3) is 2.89. The van der Waals surface area contributed by atoms with Gasteiger partial charge in [-0.3, -0.25) is 4.79 Å². The topological polar surface area (TPSA) is 63.2 Å². The van der Waals surface area contributed by atoms with Crippen LogP contribution in [0.5, 0.6) is 0 Å². The maximum atomic E-state index is 11.0. The van der Waals surface area contributed by atoms with Crippen molar-refractivity contribution in [2.75, 3.05) is 15.9 Å². The molecule has 0 saturated carbocycles. The summed E-state index contributed by atoms with van der Waals surface area (Å²) in [6.45, 7) is 0. The van der Waals surface area contributed by atoms with Crippen LogP contribution in [-0.2, 0) is 14.6 Å². The van der Waals surface area contributed by atoms with E-state index in [9.17, 15) is 13.2 Å². The molecule has 4 nitrogen and oxygen atoms in total. The van der Waals surface area contributed by atoms with Crippen molar-refractivity contribution < 1.29 is 13.2 Å². The molecule has 1 heterocycles. The summed E-state index contributed by atoms with van der Waals surface area (Å²) in [5.74, 6) is 0.229. The van der Waals surface area contributed by atoms with Crippen molar-refractivity contribution >= 4 is 38.3 Å². The van der Waals surface area contributed by atoms with Crippen molar-refractivity contribution in [2.24, 2.45) is 0 Å². The van der Waals surface area contributed by atoms with E-state index in [1.165, 1.54) is 0 Å². The quantitative estimate of drug-likeness (QED) is 0.564. The molecule has 0 radical (unpaired) electrons. The highest BCUT2D eigenvalue weighted by Gasteiger charge is 2.28. The summed E-state index contributed by atoms with van der Waals surface area (Å²) in [5.41, 5.74) is 0. The molecule has 0 unspecified atom stereocenters. The van der Waals surface area contributed by atoms with Gasteiger partial charge in [-0.25, -0.2) is 8.42 Å². The normalized spacial score (nSPS) is 26.9. The minimum atomic E-state index is -2.87. The third-order valence-corrected chi connectivity index (χ3v) is 4.18. The summed E-state index contributed by atoms with van der Waals surface area (Å²) >= 11 is 1.95. The van der Waals surface area contributed by atoms with Crippen LogP contribution in [0.15, 0.2) is 0 Å². The van der Waals surface area contributed by atoms with Crippen LogP contribution in [0, 0.1) is 0 Å². The van der Waals surface area contributed by atoms with E-state index in [2.05, 4.69) is 5.32 Å². The molecule has 0 aromatic rings. The highest BCUT2D eigenvalue weighted by atomic mass is 127. The van der Waals surface area contributed by atoms with Gasteiger partial charge in [-0.1, -0.05) is 22.6 Å². The van der Waals surface area contributed by atoms with Crippen LogP contribution in [0.4, 0.5) is 0 Å². The van der Waals surface area contributed by atoms with Gasteiger partial charge in [0.25, 0.3) is 0 Å². The van der Waals surface area contributed by atoms with Gasteiger partial charge in [0, 0.05) is 6.04 Å². The number of carbonyl (C=O) groups is 1. The summed E-state index contributed by atoms with van der Waals surface area (Å²) in [4.78, 5) is 10.9. The minimum Gasteiger partial charge on any atom is -0.352 e. The van der Waals surface area contributed by atoms with E-state index in [1.807, 2.05) is 22.6 Å². The molecule has 1 atom stereocenters. The van der Waals surface area contributed by atoms with E-state index in [0.29, 0.717) is 10.8 Å². The molecule has 0 aromatic carbocycles. The molecule has 6 heteroatoms. The van der Waals surface area contributed by atoms with Crippen LogP contribution in [0.3, 0.4) is 0 Å². The molecule has 1 saturated heterocycles. The van der Waals surface area contributed by atoms with Gasteiger partial charge >= 0.3 is 0 Å². The van der Waals surface area contributed by atoms with Gasteiger partial charge in [-0.2, -0.15) is 0 Å². The SMILES string of the molecule is O=C(CI)N[C@@H]1CCS(=O)(=O)C1. The van der Waals surface area contributed by atoms with Gasteiger partial charge in [0.2, 0.25) is 5.91 Å². The molecule has 70 valence electrons. The summed E-state index contributed by atoms with van der Waals surface area (Å²) in [7, 11) is -2.87. The lowest BCUT2D eigenvalue weighted by Crippen LogP contribution is -2.36. The number of hydrogen-bond acceptors (Lipinski definition) is 3. The van der Waals surface area contributed by atoms with Crippen molar-refractivity contribution in [3.05, 3.63) is 0 Å². The molecule has 0 aromatic heterocycles. The summed E-state index contributed by atoms with van der Waals surface area (Å²) in [6.07, 6.45) is 0.560. The number of carbonyl (C=O) groups excluding carboxylic acids is 1. The molecule has 1 fully saturated rings. The Labute approximate surface area is 85.2 Å². The van der Waals surface area contributed by atoms with E-state index in [0.717, 1.165) is 0 Å². The second kappa shape index (κ2) is 3.91. The van der Waals surface area contributed by atoms with Crippen molar-refractivity contribution in [3.63, 3.8) is 0 Å². The van der Waals surface area contributed by atoms with Gasteiger partial charge < -0.3 is 5.32 Å².